The fourth-order valence-electron chi connectivity index (χ4n) is 2.39. The molecule has 0 saturated carbocycles. The summed E-state index contributed by atoms with van der Waals surface area (Å²) in [5.41, 5.74) is 7.17. The van der Waals surface area contributed by atoms with Gasteiger partial charge in [0, 0.05) is 18.7 Å². The van der Waals surface area contributed by atoms with E-state index in [4.69, 9.17) is 5.73 Å². The van der Waals surface area contributed by atoms with Gasteiger partial charge in [0.15, 0.2) is 0 Å². The number of nitrogens with zero attached hydrogens (tertiary/aromatic N) is 1. The van der Waals surface area contributed by atoms with Gasteiger partial charge in [0.1, 0.15) is 0 Å². The van der Waals surface area contributed by atoms with Crippen LogP contribution in [0.2, 0.25) is 0 Å². The van der Waals surface area contributed by atoms with Crippen molar-refractivity contribution in [3.8, 4) is 0 Å². The molecule has 1 aliphatic rings. The Morgan fingerprint density at radius 3 is 2.79 bits per heavy atom. The van der Waals surface area contributed by atoms with Crippen LogP contribution in [0.5, 0.6) is 0 Å². The van der Waals surface area contributed by atoms with Gasteiger partial charge < -0.3 is 15.7 Å². The van der Waals surface area contributed by atoms with E-state index in [2.05, 4.69) is 0 Å². The van der Waals surface area contributed by atoms with Gasteiger partial charge in [-0.1, -0.05) is 18.2 Å². The molecule has 0 radical (unpaired) electrons. The zero-order valence-corrected chi connectivity index (χ0v) is 10.7. The fourth-order valence-corrected chi connectivity index (χ4v) is 2.39. The van der Waals surface area contributed by atoms with Crippen LogP contribution in [0.15, 0.2) is 24.3 Å². The summed E-state index contributed by atoms with van der Waals surface area (Å²) in [7, 11) is 0. The quantitative estimate of drug-likeness (QED) is 0.848. The number of carbonyl (C=O) groups excluding carboxylic acids is 1. The Morgan fingerprint density at radius 1 is 1.37 bits per heavy atom. The monoisotopic (exact) mass is 262 g/mol. The molecule has 0 bridgehead atoms. The number of aliphatic carboxylic acids is 1. The molecule has 19 heavy (non-hydrogen) atoms. The zero-order valence-electron chi connectivity index (χ0n) is 10.7. The van der Waals surface area contributed by atoms with E-state index >= 15 is 0 Å². The number of carbonyl (C=O) groups is 2. The van der Waals surface area contributed by atoms with Gasteiger partial charge in [0.25, 0.3) is 0 Å². The van der Waals surface area contributed by atoms with Gasteiger partial charge in [-0.05, 0) is 31.0 Å². The van der Waals surface area contributed by atoms with E-state index in [1.807, 2.05) is 24.3 Å². The number of nitrogens with two attached hydrogens (primary N) is 1. The van der Waals surface area contributed by atoms with Gasteiger partial charge in [-0.15, -0.1) is 0 Å². The summed E-state index contributed by atoms with van der Waals surface area (Å²) in [5, 5.41) is 9.18. The maximum absolute atomic E-state index is 12.2. The highest BCUT2D eigenvalue weighted by Crippen LogP contribution is 2.30. The molecule has 102 valence electrons. The molecule has 1 amide bonds. The number of para-hydroxylation sites is 1. The molecule has 0 fully saturated rings. The maximum atomic E-state index is 12.2. The summed E-state index contributed by atoms with van der Waals surface area (Å²) in [4.78, 5) is 24.9. The van der Waals surface area contributed by atoms with Gasteiger partial charge >= 0.3 is 5.97 Å². The molecule has 2 rings (SSSR count). The molecule has 0 aliphatic carbocycles. The van der Waals surface area contributed by atoms with Gasteiger partial charge in [-0.25, -0.2) is 0 Å². The van der Waals surface area contributed by atoms with Gasteiger partial charge in [-0.2, -0.15) is 0 Å². The largest absolute Gasteiger partial charge is 0.481 e. The molecule has 3 N–H and O–H groups in total. The summed E-state index contributed by atoms with van der Waals surface area (Å²) in [6.07, 6.45) is 1.46. The Hall–Kier alpha value is -1.88. The smallest absolute Gasteiger partial charge is 0.308 e. The molecule has 0 spiro atoms. The van der Waals surface area contributed by atoms with E-state index in [0.29, 0.717) is 25.8 Å². The Kier molecular flexibility index (Phi) is 4.16. The molecule has 5 heteroatoms. The molecule has 1 unspecified atom stereocenters. The lowest BCUT2D eigenvalue weighted by Crippen LogP contribution is -2.42. The molecule has 1 atom stereocenters. The lowest BCUT2D eigenvalue weighted by molar-refractivity contribution is -0.141. The molecule has 0 aromatic heterocycles. The highest BCUT2D eigenvalue weighted by molar-refractivity contribution is 5.95. The summed E-state index contributed by atoms with van der Waals surface area (Å²) in [6, 6.07) is 7.48. The number of benzene rings is 1. The lowest BCUT2D eigenvalue weighted by atomic mass is 9.92. The number of anilines is 1. The van der Waals surface area contributed by atoms with E-state index in [-0.39, 0.29) is 12.5 Å². The van der Waals surface area contributed by atoms with Crippen molar-refractivity contribution < 1.29 is 14.7 Å². The van der Waals surface area contributed by atoms with E-state index < -0.39 is 11.9 Å². The number of rotatable bonds is 4. The number of hydrogen-bond donors (Lipinski definition) is 2. The molecule has 5 nitrogen and oxygen atoms in total. The third-order valence-corrected chi connectivity index (χ3v) is 3.40. The van der Waals surface area contributed by atoms with E-state index in [9.17, 15) is 14.7 Å². The molecular formula is C14H18N2O3. The lowest BCUT2D eigenvalue weighted by Gasteiger charge is -2.33. The van der Waals surface area contributed by atoms with Crippen molar-refractivity contribution >= 4 is 17.6 Å². The number of fused-ring (bicyclic) bond motifs is 1. The first kappa shape index (κ1) is 13.5. The summed E-state index contributed by atoms with van der Waals surface area (Å²) in [6.45, 7) is 0.708. The van der Waals surface area contributed by atoms with Crippen molar-refractivity contribution in [1.82, 2.24) is 0 Å². The normalized spacial score (nSPS) is 17.9. The first-order valence-corrected chi connectivity index (χ1v) is 6.44. The van der Waals surface area contributed by atoms with Crippen molar-refractivity contribution in [2.45, 2.75) is 19.3 Å². The van der Waals surface area contributed by atoms with E-state index in [0.717, 1.165) is 11.3 Å². The van der Waals surface area contributed by atoms with Crippen LogP contribution < -0.4 is 10.6 Å². The highest BCUT2D eigenvalue weighted by atomic mass is 16.4. The summed E-state index contributed by atoms with van der Waals surface area (Å²) in [5.74, 6) is -1.44. The van der Waals surface area contributed by atoms with Gasteiger partial charge in [0.2, 0.25) is 5.91 Å². The molecule has 0 saturated heterocycles. The minimum atomic E-state index is -0.855. The van der Waals surface area contributed by atoms with Gasteiger partial charge in [0.05, 0.1) is 5.92 Å². The van der Waals surface area contributed by atoms with Crippen LogP contribution in [0.3, 0.4) is 0 Å². The number of carboxylic acids is 1. The van der Waals surface area contributed by atoms with Crippen LogP contribution in [0, 0.1) is 5.92 Å². The van der Waals surface area contributed by atoms with Crippen molar-refractivity contribution in [1.29, 1.82) is 0 Å². The van der Waals surface area contributed by atoms with E-state index in [1.54, 1.807) is 4.90 Å². The van der Waals surface area contributed by atoms with Gasteiger partial charge in [-0.3, -0.25) is 9.59 Å². The van der Waals surface area contributed by atoms with Crippen molar-refractivity contribution in [2.24, 2.45) is 11.7 Å². The fraction of sp³-hybridized carbons (Fsp3) is 0.429. The third-order valence-electron chi connectivity index (χ3n) is 3.40. The average Bonchev–Trinajstić information content (AvgIpc) is 2.43. The van der Waals surface area contributed by atoms with Crippen LogP contribution in [0.25, 0.3) is 0 Å². The molecule has 1 aliphatic heterocycles. The number of carboxylic acid groups (broad SMARTS) is 1. The average molecular weight is 262 g/mol. The molecule has 1 aromatic carbocycles. The van der Waals surface area contributed by atoms with Crippen LogP contribution in [0.4, 0.5) is 5.69 Å². The first-order chi connectivity index (χ1) is 9.13. The van der Waals surface area contributed by atoms with Crippen molar-refractivity contribution in [3.63, 3.8) is 0 Å². The Labute approximate surface area is 112 Å². The van der Waals surface area contributed by atoms with E-state index in [1.165, 1.54) is 0 Å². The topological polar surface area (TPSA) is 83.6 Å². The number of amides is 1. The number of hydrogen-bond acceptors (Lipinski definition) is 3. The Bertz CT molecular complexity index is 487. The standard InChI is InChI=1S/C14H18N2O3/c15-7-3-6-13(17)16-9-11(14(18)19)8-10-4-1-2-5-12(10)16/h1-2,4-5,11H,3,6-9,15H2,(H,18,19). The second-order valence-corrected chi connectivity index (χ2v) is 4.76. The predicted molar refractivity (Wildman–Crippen MR) is 71.9 cm³/mol. The van der Waals surface area contributed by atoms with Crippen LogP contribution in [-0.4, -0.2) is 30.1 Å². The SMILES string of the molecule is NCCCC(=O)N1CC(C(=O)O)Cc2ccccc21. The zero-order chi connectivity index (χ0) is 13.8. The van der Waals surface area contributed by atoms with Crippen LogP contribution in [0.1, 0.15) is 18.4 Å². The third kappa shape index (κ3) is 2.93. The predicted octanol–water partition coefficient (Wildman–Crippen LogP) is 1.02. The Balaban J connectivity index is 2.26. The van der Waals surface area contributed by atoms with Crippen molar-refractivity contribution in [2.75, 3.05) is 18.0 Å². The summed E-state index contributed by atoms with van der Waals surface area (Å²) >= 11 is 0. The second-order valence-electron chi connectivity index (χ2n) is 4.76. The van der Waals surface area contributed by atoms with Crippen molar-refractivity contribution in [3.05, 3.63) is 29.8 Å². The van der Waals surface area contributed by atoms with Crippen LogP contribution >= 0.6 is 0 Å². The second kappa shape index (κ2) is 5.84. The molecule has 1 aromatic rings. The minimum Gasteiger partial charge on any atom is -0.481 e. The first-order valence-electron chi connectivity index (χ1n) is 6.44. The van der Waals surface area contributed by atoms with Crippen LogP contribution in [-0.2, 0) is 16.0 Å². The molecular weight excluding hydrogens is 244 g/mol. The highest BCUT2D eigenvalue weighted by Gasteiger charge is 2.31. The maximum Gasteiger partial charge on any atom is 0.308 e. The minimum absolute atomic E-state index is 0.0520. The molecule has 1 heterocycles. The Morgan fingerprint density at radius 2 is 2.11 bits per heavy atom. The summed E-state index contributed by atoms with van der Waals surface area (Å²) < 4.78 is 0.